The van der Waals surface area contributed by atoms with Gasteiger partial charge in [-0.1, -0.05) is 76.6 Å². The highest BCUT2D eigenvalue weighted by Crippen LogP contribution is 2.32. The highest BCUT2D eigenvalue weighted by atomic mass is 16.6. The van der Waals surface area contributed by atoms with E-state index in [0.29, 0.717) is 12.0 Å². The summed E-state index contributed by atoms with van der Waals surface area (Å²) in [7, 11) is 0. The Bertz CT molecular complexity index is 1380. The number of hydrogen-bond donors (Lipinski definition) is 3. The van der Waals surface area contributed by atoms with Gasteiger partial charge in [0.05, 0.1) is 0 Å². The molecule has 3 aromatic rings. The fourth-order valence-electron chi connectivity index (χ4n) is 4.92. The minimum Gasteiger partial charge on any atom is -0.458 e. The first-order chi connectivity index (χ1) is 19.8. The summed E-state index contributed by atoms with van der Waals surface area (Å²) in [6, 6.07) is 12.8. The van der Waals surface area contributed by atoms with Crippen molar-refractivity contribution in [2.75, 3.05) is 0 Å². The third-order valence-electron chi connectivity index (χ3n) is 7.27. The van der Waals surface area contributed by atoms with Gasteiger partial charge in [0.2, 0.25) is 5.91 Å². The van der Waals surface area contributed by atoms with Crippen molar-refractivity contribution in [1.82, 2.24) is 15.6 Å². The molecule has 9 heteroatoms. The molecule has 1 unspecified atom stereocenters. The zero-order chi connectivity index (χ0) is 31.0. The van der Waals surface area contributed by atoms with Gasteiger partial charge in [0, 0.05) is 28.6 Å². The molecule has 0 radical (unpaired) electrons. The van der Waals surface area contributed by atoms with E-state index in [9.17, 15) is 19.2 Å². The highest BCUT2D eigenvalue weighted by Gasteiger charge is 2.38. The Morgan fingerprint density at radius 3 is 2.26 bits per heavy atom. The molecule has 0 saturated carbocycles. The first-order valence-corrected chi connectivity index (χ1v) is 14.4. The number of carbonyl (C=O) groups is 4. The molecule has 1 aromatic heterocycles. The second-order valence-corrected chi connectivity index (χ2v) is 12.0. The Hall–Kier alpha value is -4.14. The first-order valence-electron chi connectivity index (χ1n) is 14.4. The predicted octanol–water partition coefficient (Wildman–Crippen LogP) is 5.89. The van der Waals surface area contributed by atoms with Crippen LogP contribution >= 0.6 is 0 Å². The summed E-state index contributed by atoms with van der Waals surface area (Å²) in [6.07, 6.45) is 2.28. The van der Waals surface area contributed by atoms with Crippen molar-refractivity contribution in [3.8, 4) is 0 Å². The molecule has 2 aromatic carbocycles. The minimum absolute atomic E-state index is 0.0314. The summed E-state index contributed by atoms with van der Waals surface area (Å²) in [4.78, 5) is 54.9. The molecule has 0 aliphatic heterocycles. The van der Waals surface area contributed by atoms with Gasteiger partial charge in [-0.05, 0) is 49.8 Å². The number of aldehydes is 1. The van der Waals surface area contributed by atoms with Gasteiger partial charge in [0.1, 0.15) is 24.3 Å². The van der Waals surface area contributed by atoms with Crippen LogP contribution in [0.25, 0.3) is 10.9 Å². The van der Waals surface area contributed by atoms with Crippen LogP contribution in [0.3, 0.4) is 0 Å². The lowest BCUT2D eigenvalue weighted by atomic mass is 9.81. The number of rotatable bonds is 12. The summed E-state index contributed by atoms with van der Waals surface area (Å²) in [6.45, 7) is 13.1. The molecular weight excluding hydrogens is 534 g/mol. The van der Waals surface area contributed by atoms with Crippen LogP contribution in [0.15, 0.2) is 54.7 Å². The maximum absolute atomic E-state index is 14.0. The average Bonchev–Trinajstić information content (AvgIpc) is 3.35. The molecule has 226 valence electrons. The van der Waals surface area contributed by atoms with Crippen molar-refractivity contribution in [3.05, 3.63) is 71.4 Å². The van der Waals surface area contributed by atoms with E-state index in [1.54, 1.807) is 27.0 Å². The number of amides is 2. The molecule has 0 aliphatic carbocycles. The highest BCUT2D eigenvalue weighted by molar-refractivity contribution is 5.97. The largest absolute Gasteiger partial charge is 0.458 e. The molecule has 3 N–H and O–H groups in total. The summed E-state index contributed by atoms with van der Waals surface area (Å²) >= 11 is 0. The number of fused-ring (bicyclic) bond motifs is 1. The Kier molecular flexibility index (Phi) is 10.9. The van der Waals surface area contributed by atoms with Crippen LogP contribution < -0.4 is 10.6 Å². The molecule has 2 amide bonds. The second-order valence-electron chi connectivity index (χ2n) is 12.0. The number of ether oxygens (including phenoxy) is 2. The van der Waals surface area contributed by atoms with Crippen LogP contribution in [-0.4, -0.2) is 46.9 Å². The van der Waals surface area contributed by atoms with Crippen molar-refractivity contribution in [2.45, 2.75) is 85.1 Å². The van der Waals surface area contributed by atoms with Crippen LogP contribution in [-0.2, 0) is 25.7 Å². The lowest BCUT2D eigenvalue weighted by Crippen LogP contribution is -2.56. The van der Waals surface area contributed by atoms with Gasteiger partial charge in [0.15, 0.2) is 6.29 Å². The standard InChI is InChI=1S/C33H43N3O6/c1-8-21(4)28(31(39)42-33(5,6)7)35-30(38)29(36-32(40)41-19-22-12-10-9-11-13-22)27(20(2)3)23-14-15-25-24(18-37)17-34-26(25)16-23/h9-18,20-21,27-29,34H,8,19H2,1-7H3,(H,35,38)(H,36,40)/t21?,27-,28+,29+/m1/s1. The number of benzene rings is 2. The number of hydrogen-bond acceptors (Lipinski definition) is 6. The minimum atomic E-state index is -1.08. The molecule has 0 aliphatic rings. The Morgan fingerprint density at radius 1 is 0.976 bits per heavy atom. The molecule has 1 heterocycles. The number of esters is 1. The normalized spacial score (nSPS) is 14.5. The Balaban J connectivity index is 1.97. The smallest absolute Gasteiger partial charge is 0.408 e. The predicted molar refractivity (Wildman–Crippen MR) is 162 cm³/mol. The number of alkyl carbamates (subject to hydrolysis) is 1. The third-order valence-corrected chi connectivity index (χ3v) is 7.27. The number of aromatic amines is 1. The number of nitrogens with one attached hydrogen (secondary N) is 3. The Labute approximate surface area is 247 Å². The van der Waals surface area contributed by atoms with Crippen LogP contribution in [0.5, 0.6) is 0 Å². The summed E-state index contributed by atoms with van der Waals surface area (Å²) in [5.74, 6) is -1.90. The van der Waals surface area contributed by atoms with Crippen molar-refractivity contribution >= 4 is 35.2 Å². The van der Waals surface area contributed by atoms with Gasteiger partial charge >= 0.3 is 12.1 Å². The maximum Gasteiger partial charge on any atom is 0.408 e. The van der Waals surface area contributed by atoms with Crippen molar-refractivity contribution in [2.24, 2.45) is 11.8 Å². The molecule has 42 heavy (non-hydrogen) atoms. The van der Waals surface area contributed by atoms with Gasteiger partial charge in [0.25, 0.3) is 0 Å². The quantitative estimate of drug-likeness (QED) is 0.182. The number of carbonyl (C=O) groups excluding carboxylic acids is 4. The van der Waals surface area contributed by atoms with Crippen molar-refractivity contribution in [3.63, 3.8) is 0 Å². The summed E-state index contributed by atoms with van der Waals surface area (Å²) in [5, 5.41) is 6.43. The van der Waals surface area contributed by atoms with E-state index in [4.69, 9.17) is 9.47 Å². The molecule has 0 spiro atoms. The molecule has 9 nitrogen and oxygen atoms in total. The fourth-order valence-corrected chi connectivity index (χ4v) is 4.92. The van der Waals surface area contributed by atoms with Gasteiger partial charge in [-0.2, -0.15) is 0 Å². The number of aromatic nitrogens is 1. The zero-order valence-electron chi connectivity index (χ0n) is 25.5. The van der Waals surface area contributed by atoms with E-state index in [1.807, 2.05) is 76.2 Å². The van der Waals surface area contributed by atoms with Crippen LogP contribution in [0.4, 0.5) is 4.79 Å². The van der Waals surface area contributed by atoms with E-state index in [1.165, 1.54) is 0 Å². The van der Waals surface area contributed by atoms with E-state index in [0.717, 1.165) is 28.3 Å². The van der Waals surface area contributed by atoms with E-state index < -0.39 is 41.6 Å². The van der Waals surface area contributed by atoms with E-state index in [-0.39, 0.29) is 18.4 Å². The first kappa shape index (κ1) is 32.4. The molecule has 0 fully saturated rings. The third kappa shape index (κ3) is 8.44. The monoisotopic (exact) mass is 577 g/mol. The van der Waals surface area contributed by atoms with E-state index >= 15 is 0 Å². The molecule has 4 atom stereocenters. The number of H-pyrrole nitrogens is 1. The van der Waals surface area contributed by atoms with E-state index in [2.05, 4.69) is 15.6 Å². The summed E-state index contributed by atoms with van der Waals surface area (Å²) < 4.78 is 11.1. The molecule has 0 bridgehead atoms. The van der Waals surface area contributed by atoms with Crippen LogP contribution in [0, 0.1) is 11.8 Å². The molecule has 3 rings (SSSR count). The lowest BCUT2D eigenvalue weighted by molar-refractivity contribution is -0.160. The van der Waals surface area contributed by atoms with Crippen LogP contribution in [0.1, 0.15) is 82.3 Å². The molecule has 0 saturated heterocycles. The lowest BCUT2D eigenvalue weighted by Gasteiger charge is -2.33. The van der Waals surface area contributed by atoms with Gasteiger partial charge in [-0.15, -0.1) is 0 Å². The van der Waals surface area contributed by atoms with Crippen molar-refractivity contribution in [1.29, 1.82) is 0 Å². The van der Waals surface area contributed by atoms with Gasteiger partial charge < -0.3 is 25.1 Å². The van der Waals surface area contributed by atoms with Crippen LogP contribution in [0.2, 0.25) is 0 Å². The maximum atomic E-state index is 14.0. The average molecular weight is 578 g/mol. The zero-order valence-corrected chi connectivity index (χ0v) is 25.5. The van der Waals surface area contributed by atoms with Crippen molar-refractivity contribution < 1.29 is 28.7 Å². The topological polar surface area (TPSA) is 127 Å². The fraction of sp³-hybridized carbons (Fsp3) is 0.455. The van der Waals surface area contributed by atoms with Gasteiger partial charge in [-0.3, -0.25) is 9.59 Å². The SMILES string of the molecule is CCC(C)[C@H](NC(=O)[C@@H](NC(=O)OCc1ccccc1)[C@@H](c1ccc2c(C=O)c[nH]c2c1)C(C)C)C(=O)OC(C)(C)C. The summed E-state index contributed by atoms with van der Waals surface area (Å²) in [5.41, 5.74) is 2.11. The second kappa shape index (κ2) is 14.2. The Morgan fingerprint density at radius 2 is 1.67 bits per heavy atom. The molecular formula is C33H43N3O6. The van der Waals surface area contributed by atoms with Gasteiger partial charge in [-0.25, -0.2) is 9.59 Å².